The number of halogens is 1. The van der Waals surface area contributed by atoms with Gasteiger partial charge in [-0.3, -0.25) is 4.90 Å². The standard InChI is InChI=1S/C13H14ClNS/c14-11-3-4-13-10(7-11)8-12(16-13)9-15-5-1-2-6-15/h3-4,7-8H,1-2,5-6,9H2. The molecule has 0 spiro atoms. The van der Waals surface area contributed by atoms with Crippen LogP contribution in [0.5, 0.6) is 0 Å². The first-order valence-corrected chi connectivity index (χ1v) is 6.91. The van der Waals surface area contributed by atoms with E-state index in [1.54, 1.807) is 0 Å². The lowest BCUT2D eigenvalue weighted by Crippen LogP contribution is -2.17. The molecule has 0 bridgehead atoms. The van der Waals surface area contributed by atoms with Crippen LogP contribution in [-0.4, -0.2) is 18.0 Å². The van der Waals surface area contributed by atoms with Gasteiger partial charge in [0.25, 0.3) is 0 Å². The van der Waals surface area contributed by atoms with Gasteiger partial charge in [-0.2, -0.15) is 0 Å². The van der Waals surface area contributed by atoms with Crippen LogP contribution in [0.15, 0.2) is 24.3 Å². The van der Waals surface area contributed by atoms with Gasteiger partial charge in [-0.25, -0.2) is 0 Å². The molecule has 3 rings (SSSR count). The Morgan fingerprint density at radius 2 is 2.00 bits per heavy atom. The lowest BCUT2D eigenvalue weighted by Gasteiger charge is -2.12. The van der Waals surface area contributed by atoms with Gasteiger partial charge in [0, 0.05) is 21.1 Å². The summed E-state index contributed by atoms with van der Waals surface area (Å²) < 4.78 is 1.35. The molecule has 0 saturated carbocycles. The molecule has 3 heteroatoms. The van der Waals surface area contributed by atoms with Crippen molar-refractivity contribution in [2.45, 2.75) is 19.4 Å². The van der Waals surface area contributed by atoms with Gasteiger partial charge in [0.1, 0.15) is 0 Å². The molecule has 16 heavy (non-hydrogen) atoms. The zero-order valence-corrected chi connectivity index (χ0v) is 10.7. The zero-order valence-electron chi connectivity index (χ0n) is 9.08. The van der Waals surface area contributed by atoms with Gasteiger partial charge in [0.2, 0.25) is 0 Å². The van der Waals surface area contributed by atoms with Crippen LogP contribution in [0, 0.1) is 0 Å². The SMILES string of the molecule is Clc1ccc2sc(CN3CCCC3)cc2c1. The van der Waals surface area contributed by atoms with Gasteiger partial charge in [0.05, 0.1) is 0 Å². The van der Waals surface area contributed by atoms with Crippen LogP contribution in [0.4, 0.5) is 0 Å². The fourth-order valence-corrected chi connectivity index (χ4v) is 3.58. The molecule has 0 radical (unpaired) electrons. The summed E-state index contributed by atoms with van der Waals surface area (Å²) in [4.78, 5) is 3.99. The molecule has 84 valence electrons. The Morgan fingerprint density at radius 1 is 1.19 bits per heavy atom. The number of fused-ring (bicyclic) bond motifs is 1. The summed E-state index contributed by atoms with van der Waals surface area (Å²) in [7, 11) is 0. The number of thiophene rings is 1. The largest absolute Gasteiger partial charge is 0.298 e. The summed E-state index contributed by atoms with van der Waals surface area (Å²) in [5.41, 5.74) is 0. The number of nitrogens with zero attached hydrogens (tertiary/aromatic N) is 1. The van der Waals surface area contributed by atoms with Crippen molar-refractivity contribution in [3.63, 3.8) is 0 Å². The molecule has 1 nitrogen and oxygen atoms in total. The van der Waals surface area contributed by atoms with E-state index in [-0.39, 0.29) is 0 Å². The van der Waals surface area contributed by atoms with E-state index in [1.165, 1.54) is 40.9 Å². The zero-order chi connectivity index (χ0) is 11.0. The highest BCUT2D eigenvalue weighted by molar-refractivity contribution is 7.19. The highest BCUT2D eigenvalue weighted by Crippen LogP contribution is 2.29. The van der Waals surface area contributed by atoms with E-state index in [0.29, 0.717) is 0 Å². The van der Waals surface area contributed by atoms with Crippen molar-refractivity contribution in [2.24, 2.45) is 0 Å². The fraction of sp³-hybridized carbons (Fsp3) is 0.385. The van der Waals surface area contributed by atoms with E-state index in [0.717, 1.165) is 11.6 Å². The molecule has 1 aliphatic heterocycles. The summed E-state index contributed by atoms with van der Waals surface area (Å²) in [5, 5.41) is 2.12. The Balaban J connectivity index is 1.86. The Kier molecular flexibility index (Phi) is 2.88. The van der Waals surface area contributed by atoms with Crippen molar-refractivity contribution in [1.29, 1.82) is 0 Å². The van der Waals surface area contributed by atoms with Gasteiger partial charge in [-0.15, -0.1) is 11.3 Å². The van der Waals surface area contributed by atoms with Crippen LogP contribution in [0.1, 0.15) is 17.7 Å². The van der Waals surface area contributed by atoms with Crippen molar-refractivity contribution < 1.29 is 0 Å². The number of likely N-dealkylation sites (tertiary alicyclic amines) is 1. The second kappa shape index (κ2) is 4.36. The molecule has 0 atom stereocenters. The molecule has 0 amide bonds. The topological polar surface area (TPSA) is 3.24 Å². The first-order chi connectivity index (χ1) is 7.81. The quantitative estimate of drug-likeness (QED) is 0.775. The maximum absolute atomic E-state index is 5.99. The third-order valence-electron chi connectivity index (χ3n) is 3.11. The molecule has 0 N–H and O–H groups in total. The van der Waals surface area contributed by atoms with Crippen LogP contribution in [-0.2, 0) is 6.54 Å². The average Bonchev–Trinajstić information content (AvgIpc) is 2.86. The van der Waals surface area contributed by atoms with Gasteiger partial charge in [-0.1, -0.05) is 11.6 Å². The summed E-state index contributed by atoms with van der Waals surface area (Å²) in [6.45, 7) is 3.63. The van der Waals surface area contributed by atoms with Crippen LogP contribution >= 0.6 is 22.9 Å². The second-order valence-electron chi connectivity index (χ2n) is 4.38. The molecular formula is C13H14ClNS. The molecule has 1 aromatic carbocycles. The van der Waals surface area contributed by atoms with E-state index in [9.17, 15) is 0 Å². The Labute approximate surface area is 105 Å². The van der Waals surface area contributed by atoms with Crippen LogP contribution in [0.2, 0.25) is 5.02 Å². The summed E-state index contributed by atoms with van der Waals surface area (Å²) in [6, 6.07) is 8.43. The molecule has 1 aliphatic rings. The molecular weight excluding hydrogens is 238 g/mol. The van der Waals surface area contributed by atoms with Crippen LogP contribution in [0.3, 0.4) is 0 Å². The van der Waals surface area contributed by atoms with E-state index in [1.807, 2.05) is 17.4 Å². The molecule has 2 aromatic rings. The highest BCUT2D eigenvalue weighted by atomic mass is 35.5. The minimum Gasteiger partial charge on any atom is -0.298 e. The van der Waals surface area contributed by atoms with E-state index in [4.69, 9.17) is 11.6 Å². The predicted octanol–water partition coefficient (Wildman–Crippen LogP) is 4.15. The van der Waals surface area contributed by atoms with Crippen molar-refractivity contribution in [1.82, 2.24) is 4.90 Å². The number of hydrogen-bond donors (Lipinski definition) is 0. The minimum atomic E-state index is 0.832. The van der Waals surface area contributed by atoms with Gasteiger partial charge >= 0.3 is 0 Å². The monoisotopic (exact) mass is 251 g/mol. The van der Waals surface area contributed by atoms with E-state index < -0.39 is 0 Å². The molecule has 0 unspecified atom stereocenters. The summed E-state index contributed by atoms with van der Waals surface area (Å²) in [6.07, 6.45) is 2.72. The van der Waals surface area contributed by atoms with Gasteiger partial charge in [0.15, 0.2) is 0 Å². The lowest BCUT2D eigenvalue weighted by atomic mass is 10.2. The van der Waals surface area contributed by atoms with Crippen molar-refractivity contribution in [3.05, 3.63) is 34.2 Å². The molecule has 1 saturated heterocycles. The van der Waals surface area contributed by atoms with Gasteiger partial charge < -0.3 is 0 Å². The minimum absolute atomic E-state index is 0.832. The lowest BCUT2D eigenvalue weighted by molar-refractivity contribution is 0.334. The predicted molar refractivity (Wildman–Crippen MR) is 71.3 cm³/mol. The molecule has 1 fully saturated rings. The van der Waals surface area contributed by atoms with Crippen molar-refractivity contribution >= 4 is 33.0 Å². The number of hydrogen-bond acceptors (Lipinski definition) is 2. The first-order valence-electron chi connectivity index (χ1n) is 5.71. The van der Waals surface area contributed by atoms with Crippen LogP contribution < -0.4 is 0 Å². The fourth-order valence-electron chi connectivity index (χ4n) is 2.31. The molecule has 1 aromatic heterocycles. The average molecular weight is 252 g/mol. The third kappa shape index (κ3) is 2.10. The molecule has 0 aliphatic carbocycles. The van der Waals surface area contributed by atoms with Crippen LogP contribution in [0.25, 0.3) is 10.1 Å². The summed E-state index contributed by atoms with van der Waals surface area (Å²) in [5.74, 6) is 0. The number of rotatable bonds is 2. The van der Waals surface area contributed by atoms with Crippen molar-refractivity contribution in [3.8, 4) is 0 Å². The van der Waals surface area contributed by atoms with Crippen molar-refractivity contribution in [2.75, 3.05) is 13.1 Å². The van der Waals surface area contributed by atoms with Gasteiger partial charge in [-0.05, 0) is 55.6 Å². The molecule has 2 heterocycles. The Morgan fingerprint density at radius 3 is 2.81 bits per heavy atom. The normalized spacial score (nSPS) is 17.3. The second-order valence-corrected chi connectivity index (χ2v) is 5.98. The first kappa shape index (κ1) is 10.6. The summed E-state index contributed by atoms with van der Waals surface area (Å²) >= 11 is 7.88. The van der Waals surface area contributed by atoms with E-state index in [2.05, 4.69) is 23.1 Å². The Hall–Kier alpha value is -0.570. The maximum Gasteiger partial charge on any atom is 0.0412 e. The Bertz CT molecular complexity index is 500. The highest BCUT2D eigenvalue weighted by Gasteiger charge is 2.13. The smallest absolute Gasteiger partial charge is 0.0412 e. The number of benzene rings is 1. The van der Waals surface area contributed by atoms with E-state index >= 15 is 0 Å². The third-order valence-corrected chi connectivity index (χ3v) is 4.44. The maximum atomic E-state index is 5.99.